The molecule has 4 nitrogen and oxygen atoms in total. The van der Waals surface area contributed by atoms with Crippen LogP contribution >= 0.6 is 11.6 Å². The fourth-order valence-electron chi connectivity index (χ4n) is 2.68. The minimum Gasteiger partial charge on any atom is -0.496 e. The zero-order valence-corrected chi connectivity index (χ0v) is 14.2. The largest absolute Gasteiger partial charge is 0.496 e. The number of pyridine rings is 1. The average molecular weight is 341 g/mol. The third-order valence-electron chi connectivity index (χ3n) is 3.86. The van der Waals surface area contributed by atoms with Crippen LogP contribution < -0.4 is 4.74 Å². The van der Waals surface area contributed by atoms with E-state index in [1.807, 2.05) is 30.3 Å². The summed E-state index contributed by atoms with van der Waals surface area (Å²) in [4.78, 5) is 18.8. The lowest BCUT2D eigenvalue weighted by Crippen LogP contribution is -2.26. The number of aromatic nitrogens is 1. The predicted molar refractivity (Wildman–Crippen MR) is 95.5 cm³/mol. The summed E-state index contributed by atoms with van der Waals surface area (Å²) >= 11 is 6.06. The Kier molecular flexibility index (Phi) is 4.67. The molecule has 0 N–H and O–H groups in total. The number of para-hydroxylation sites is 1. The van der Waals surface area contributed by atoms with E-state index in [-0.39, 0.29) is 5.91 Å². The van der Waals surface area contributed by atoms with Crippen LogP contribution in [0.2, 0.25) is 5.02 Å². The van der Waals surface area contributed by atoms with Gasteiger partial charge in [0.1, 0.15) is 5.75 Å². The van der Waals surface area contributed by atoms with Crippen molar-refractivity contribution < 1.29 is 9.53 Å². The Labute approximate surface area is 145 Å². The number of nitrogens with zero attached hydrogens (tertiary/aromatic N) is 2. The van der Waals surface area contributed by atoms with Crippen LogP contribution in [0, 0.1) is 0 Å². The normalized spacial score (nSPS) is 10.6. The zero-order valence-electron chi connectivity index (χ0n) is 13.5. The summed E-state index contributed by atoms with van der Waals surface area (Å²) in [7, 11) is 3.35. The first-order valence-electron chi connectivity index (χ1n) is 7.52. The number of benzene rings is 2. The van der Waals surface area contributed by atoms with E-state index in [1.165, 1.54) is 0 Å². The van der Waals surface area contributed by atoms with Crippen LogP contribution in [0.25, 0.3) is 10.9 Å². The lowest BCUT2D eigenvalue weighted by atomic mass is 10.1. The number of hydrogen-bond donors (Lipinski definition) is 0. The summed E-state index contributed by atoms with van der Waals surface area (Å²) in [6, 6.07) is 14.8. The van der Waals surface area contributed by atoms with Crippen molar-refractivity contribution >= 4 is 28.4 Å². The molecule has 2 aromatic carbocycles. The Morgan fingerprint density at radius 3 is 2.79 bits per heavy atom. The first-order chi connectivity index (χ1) is 11.6. The lowest BCUT2D eigenvalue weighted by molar-refractivity contribution is 0.0786. The van der Waals surface area contributed by atoms with Crippen LogP contribution in [0.1, 0.15) is 15.9 Å². The number of carbonyl (C=O) groups excluding carboxylic acids is 1. The van der Waals surface area contributed by atoms with E-state index in [1.54, 1.807) is 43.5 Å². The fourth-order valence-corrected chi connectivity index (χ4v) is 2.88. The molecular formula is C19H17ClN2O2. The average Bonchev–Trinajstić information content (AvgIpc) is 2.61. The second-order valence-electron chi connectivity index (χ2n) is 5.50. The lowest BCUT2D eigenvalue weighted by Gasteiger charge is -2.19. The summed E-state index contributed by atoms with van der Waals surface area (Å²) in [6.45, 7) is 0.395. The van der Waals surface area contributed by atoms with Crippen LogP contribution in [0.4, 0.5) is 0 Å². The molecule has 0 bridgehead atoms. The molecule has 3 rings (SSSR count). The second kappa shape index (κ2) is 6.89. The molecule has 0 unspecified atom stereocenters. The summed E-state index contributed by atoms with van der Waals surface area (Å²) in [5, 5.41) is 1.55. The van der Waals surface area contributed by atoms with Crippen LogP contribution in [-0.4, -0.2) is 29.9 Å². The van der Waals surface area contributed by atoms with E-state index >= 15 is 0 Å². The molecule has 24 heavy (non-hydrogen) atoms. The molecule has 122 valence electrons. The van der Waals surface area contributed by atoms with Gasteiger partial charge in [0.05, 0.1) is 18.2 Å². The smallest absolute Gasteiger partial charge is 0.256 e. The van der Waals surface area contributed by atoms with Crippen LogP contribution in [0.3, 0.4) is 0 Å². The van der Waals surface area contributed by atoms with Crippen molar-refractivity contribution in [2.75, 3.05) is 14.2 Å². The number of carbonyl (C=O) groups is 1. The van der Waals surface area contributed by atoms with Gasteiger partial charge in [-0.15, -0.1) is 0 Å². The summed E-state index contributed by atoms with van der Waals surface area (Å²) < 4.78 is 5.35. The van der Waals surface area contributed by atoms with Gasteiger partial charge in [0.2, 0.25) is 0 Å². The Morgan fingerprint density at radius 2 is 2.00 bits per heavy atom. The molecule has 5 heteroatoms. The number of fused-ring (bicyclic) bond motifs is 1. The Hall–Kier alpha value is -2.59. The molecule has 0 radical (unpaired) electrons. The summed E-state index contributed by atoms with van der Waals surface area (Å²) in [5.74, 6) is 0.608. The number of amides is 1. The van der Waals surface area contributed by atoms with Crippen molar-refractivity contribution in [3.05, 3.63) is 70.9 Å². The SMILES string of the molecule is COc1ccc(Cl)cc1CN(C)C(=O)c1cccc2cccnc12. The molecule has 0 saturated heterocycles. The highest BCUT2D eigenvalue weighted by atomic mass is 35.5. The highest BCUT2D eigenvalue weighted by molar-refractivity contribution is 6.30. The first-order valence-corrected chi connectivity index (χ1v) is 7.89. The molecule has 0 aliphatic carbocycles. The minimum atomic E-state index is -0.0960. The van der Waals surface area contributed by atoms with E-state index < -0.39 is 0 Å². The molecule has 3 aromatic rings. The molecule has 0 atom stereocenters. The molecule has 0 saturated carbocycles. The van der Waals surface area contributed by atoms with E-state index in [4.69, 9.17) is 16.3 Å². The van der Waals surface area contributed by atoms with Crippen LogP contribution in [0.5, 0.6) is 5.75 Å². The van der Waals surface area contributed by atoms with Crippen molar-refractivity contribution in [3.63, 3.8) is 0 Å². The van der Waals surface area contributed by atoms with Gasteiger partial charge in [-0.2, -0.15) is 0 Å². The standard InChI is InChI=1S/C19H17ClN2O2/c1-22(12-14-11-15(20)8-9-17(14)24-2)19(23)16-7-3-5-13-6-4-10-21-18(13)16/h3-11H,12H2,1-2H3. The van der Waals surface area contributed by atoms with Crippen molar-refractivity contribution in [1.29, 1.82) is 0 Å². The van der Waals surface area contributed by atoms with Gasteiger partial charge >= 0.3 is 0 Å². The van der Waals surface area contributed by atoms with Gasteiger partial charge in [-0.3, -0.25) is 9.78 Å². The maximum Gasteiger partial charge on any atom is 0.256 e. The Balaban J connectivity index is 1.91. The highest BCUT2D eigenvalue weighted by Crippen LogP contribution is 2.25. The van der Waals surface area contributed by atoms with E-state index in [2.05, 4.69) is 4.98 Å². The Bertz CT molecular complexity index is 890. The van der Waals surface area contributed by atoms with Crippen molar-refractivity contribution in [1.82, 2.24) is 9.88 Å². The number of hydrogen-bond acceptors (Lipinski definition) is 3. The second-order valence-corrected chi connectivity index (χ2v) is 5.93. The van der Waals surface area contributed by atoms with Gasteiger partial charge in [-0.1, -0.05) is 29.8 Å². The Morgan fingerprint density at radius 1 is 1.21 bits per heavy atom. The molecule has 1 amide bonds. The highest BCUT2D eigenvalue weighted by Gasteiger charge is 2.17. The fraction of sp³-hybridized carbons (Fsp3) is 0.158. The van der Waals surface area contributed by atoms with E-state index in [0.717, 1.165) is 10.9 Å². The van der Waals surface area contributed by atoms with Gasteiger partial charge in [0.15, 0.2) is 0 Å². The molecular weight excluding hydrogens is 324 g/mol. The van der Waals surface area contributed by atoms with Crippen LogP contribution in [0.15, 0.2) is 54.7 Å². The number of methoxy groups -OCH3 is 1. The third-order valence-corrected chi connectivity index (χ3v) is 4.09. The van der Waals surface area contributed by atoms with Gasteiger partial charge in [-0.25, -0.2) is 0 Å². The van der Waals surface area contributed by atoms with Crippen molar-refractivity contribution in [3.8, 4) is 5.75 Å². The molecule has 1 aromatic heterocycles. The molecule has 0 fully saturated rings. The maximum atomic E-state index is 12.9. The quantitative estimate of drug-likeness (QED) is 0.716. The molecule has 0 aliphatic heterocycles. The zero-order chi connectivity index (χ0) is 17.1. The minimum absolute atomic E-state index is 0.0960. The van der Waals surface area contributed by atoms with Crippen molar-refractivity contribution in [2.24, 2.45) is 0 Å². The van der Waals surface area contributed by atoms with Crippen LogP contribution in [-0.2, 0) is 6.54 Å². The number of ether oxygens (including phenoxy) is 1. The first kappa shape index (κ1) is 16.3. The summed E-state index contributed by atoms with van der Waals surface area (Å²) in [6.07, 6.45) is 1.69. The van der Waals surface area contributed by atoms with Gasteiger partial charge in [-0.05, 0) is 30.3 Å². The summed E-state index contributed by atoms with van der Waals surface area (Å²) in [5.41, 5.74) is 2.14. The predicted octanol–water partition coefficient (Wildman–Crippen LogP) is 4.17. The van der Waals surface area contributed by atoms with E-state index in [9.17, 15) is 4.79 Å². The number of halogens is 1. The van der Waals surface area contributed by atoms with Crippen molar-refractivity contribution in [2.45, 2.75) is 6.54 Å². The monoisotopic (exact) mass is 340 g/mol. The third kappa shape index (κ3) is 3.19. The van der Waals surface area contributed by atoms with Gasteiger partial charge in [0.25, 0.3) is 5.91 Å². The number of rotatable bonds is 4. The topological polar surface area (TPSA) is 42.4 Å². The molecule has 0 spiro atoms. The van der Waals surface area contributed by atoms with Gasteiger partial charge < -0.3 is 9.64 Å². The van der Waals surface area contributed by atoms with E-state index in [0.29, 0.717) is 28.4 Å². The molecule has 0 aliphatic rings. The molecule has 1 heterocycles. The van der Waals surface area contributed by atoms with Gasteiger partial charge in [0, 0.05) is 35.8 Å². The maximum absolute atomic E-state index is 12.9.